The van der Waals surface area contributed by atoms with Gasteiger partial charge in [0.1, 0.15) is 0 Å². The molecule has 4 N–H and O–H groups in total. The number of hydrogen-bond donors (Lipinski definition) is 2. The van der Waals surface area contributed by atoms with Crippen molar-refractivity contribution < 1.29 is 9.53 Å². The lowest BCUT2D eigenvalue weighted by molar-refractivity contribution is -0.122. The molecule has 1 amide bonds. The van der Waals surface area contributed by atoms with Gasteiger partial charge in [-0.3, -0.25) is 4.79 Å². The lowest BCUT2D eigenvalue weighted by atomic mass is 9.90. The molecular weight excluding hydrogens is 230 g/mol. The molecule has 0 rings (SSSR count). The number of amides is 1. The van der Waals surface area contributed by atoms with Gasteiger partial charge in [0, 0.05) is 26.4 Å². The summed E-state index contributed by atoms with van der Waals surface area (Å²) in [6.07, 6.45) is 0.935. The number of carbonyl (C=O) groups excluding carboxylic acids is 1. The molecule has 0 fully saturated rings. The normalized spacial score (nSPS) is 15.8. The van der Waals surface area contributed by atoms with Gasteiger partial charge in [0.2, 0.25) is 5.91 Å². The molecule has 0 heterocycles. The van der Waals surface area contributed by atoms with Crippen LogP contribution in [0.2, 0.25) is 0 Å². The molecule has 106 valence electrons. The fourth-order valence-corrected chi connectivity index (χ4v) is 2.14. The summed E-state index contributed by atoms with van der Waals surface area (Å²) in [5.74, 6) is -0.00971. The topological polar surface area (TPSA) is 81.6 Å². The number of carbonyl (C=O) groups is 1. The van der Waals surface area contributed by atoms with Gasteiger partial charge >= 0.3 is 0 Å². The van der Waals surface area contributed by atoms with Gasteiger partial charge in [-0.15, -0.1) is 0 Å². The highest BCUT2D eigenvalue weighted by atomic mass is 16.5. The monoisotopic (exact) mass is 257 g/mol. The zero-order chi connectivity index (χ0) is 14.3. The average Bonchev–Trinajstić information content (AvgIpc) is 2.35. The van der Waals surface area contributed by atoms with Gasteiger partial charge in [0.05, 0.1) is 18.6 Å². The van der Waals surface area contributed by atoms with Gasteiger partial charge in [0.25, 0.3) is 0 Å². The first-order valence-corrected chi connectivity index (χ1v) is 6.30. The van der Waals surface area contributed by atoms with Crippen LogP contribution in [0.5, 0.6) is 0 Å². The predicted octanol–water partition coefficient (Wildman–Crippen LogP) is 0.696. The summed E-state index contributed by atoms with van der Waals surface area (Å²) in [6, 6.07) is 0.0450. The molecule has 0 spiro atoms. The van der Waals surface area contributed by atoms with Crippen LogP contribution < -0.4 is 11.5 Å². The number of nitrogens with two attached hydrogens (primary N) is 2. The van der Waals surface area contributed by atoms with E-state index >= 15 is 0 Å². The van der Waals surface area contributed by atoms with Crippen molar-refractivity contribution >= 4 is 5.91 Å². The predicted molar refractivity (Wildman–Crippen MR) is 73.8 cm³/mol. The van der Waals surface area contributed by atoms with E-state index in [4.69, 9.17) is 16.2 Å². The van der Waals surface area contributed by atoms with Crippen LogP contribution in [0.1, 0.15) is 26.7 Å². The highest BCUT2D eigenvalue weighted by Crippen LogP contribution is 2.23. The van der Waals surface area contributed by atoms with Crippen molar-refractivity contribution in [2.75, 3.05) is 20.7 Å². The Hall–Kier alpha value is -1.07. The molecule has 0 aliphatic carbocycles. The Balaban J connectivity index is 5.05. The van der Waals surface area contributed by atoms with Gasteiger partial charge in [-0.1, -0.05) is 26.8 Å². The fraction of sp³-hybridized carbons (Fsp3) is 0.769. The molecule has 0 bridgehead atoms. The summed E-state index contributed by atoms with van der Waals surface area (Å²) < 4.78 is 5.44. The number of primary amides is 1. The largest absolute Gasteiger partial charge is 0.379 e. The highest BCUT2D eigenvalue weighted by Gasteiger charge is 2.31. The molecular formula is C13H27N3O2. The molecule has 0 unspecified atom stereocenters. The van der Waals surface area contributed by atoms with E-state index in [0.717, 1.165) is 12.1 Å². The van der Waals surface area contributed by atoms with Gasteiger partial charge in [-0.05, 0) is 5.92 Å². The van der Waals surface area contributed by atoms with Crippen LogP contribution >= 0.6 is 0 Å². The molecule has 0 aromatic carbocycles. The minimum absolute atomic E-state index is 0.0450. The molecule has 0 saturated heterocycles. The van der Waals surface area contributed by atoms with Crippen molar-refractivity contribution in [1.82, 2.24) is 4.90 Å². The number of ether oxygens (including phenoxy) is 1. The van der Waals surface area contributed by atoms with Gasteiger partial charge < -0.3 is 21.1 Å². The van der Waals surface area contributed by atoms with E-state index in [1.807, 2.05) is 11.9 Å². The van der Waals surface area contributed by atoms with E-state index < -0.39 is 0 Å². The maximum atomic E-state index is 11.1. The first-order chi connectivity index (χ1) is 8.38. The van der Waals surface area contributed by atoms with E-state index in [1.165, 1.54) is 0 Å². The Labute approximate surface area is 110 Å². The van der Waals surface area contributed by atoms with E-state index in [0.29, 0.717) is 12.5 Å². The molecule has 0 aromatic heterocycles. The first-order valence-electron chi connectivity index (χ1n) is 6.30. The van der Waals surface area contributed by atoms with Crippen LogP contribution in [-0.4, -0.2) is 43.7 Å². The third-order valence-electron chi connectivity index (χ3n) is 3.49. The summed E-state index contributed by atoms with van der Waals surface area (Å²) in [6.45, 7) is 8.55. The van der Waals surface area contributed by atoms with Crippen LogP contribution in [-0.2, 0) is 9.53 Å². The summed E-state index contributed by atoms with van der Waals surface area (Å²) >= 11 is 0. The zero-order valence-electron chi connectivity index (χ0n) is 12.0. The SMILES string of the molecule is C=C(CN)N(C)[C@@H]([C@@H](C)CC)[C@@H](CC(N)=O)OC. The quantitative estimate of drug-likeness (QED) is 0.637. The average molecular weight is 257 g/mol. The Morgan fingerprint density at radius 3 is 2.39 bits per heavy atom. The number of rotatable bonds is 9. The van der Waals surface area contributed by atoms with Crippen molar-refractivity contribution in [3.63, 3.8) is 0 Å². The second-order valence-corrected chi connectivity index (χ2v) is 4.70. The van der Waals surface area contributed by atoms with Crippen molar-refractivity contribution in [3.05, 3.63) is 12.3 Å². The maximum absolute atomic E-state index is 11.1. The van der Waals surface area contributed by atoms with Crippen LogP contribution in [0.25, 0.3) is 0 Å². The Kier molecular flexibility index (Phi) is 7.62. The van der Waals surface area contributed by atoms with E-state index in [-0.39, 0.29) is 24.5 Å². The number of hydrogen-bond acceptors (Lipinski definition) is 4. The molecule has 5 heteroatoms. The van der Waals surface area contributed by atoms with Crippen molar-refractivity contribution in [2.45, 2.75) is 38.8 Å². The van der Waals surface area contributed by atoms with Gasteiger partial charge in [0.15, 0.2) is 0 Å². The molecule has 5 nitrogen and oxygen atoms in total. The minimum atomic E-state index is -0.359. The van der Waals surface area contributed by atoms with E-state index in [9.17, 15) is 4.79 Å². The molecule has 0 saturated carbocycles. The standard InChI is InChI=1S/C13H27N3O2/c1-6-9(2)13(16(4)10(3)8-14)11(18-5)7-12(15)17/h9,11,13H,3,6-8,14H2,1-2,4-5H3,(H2,15,17)/t9-,11+,13-/m0/s1. The second kappa shape index (κ2) is 8.11. The molecule has 18 heavy (non-hydrogen) atoms. The summed E-state index contributed by atoms with van der Waals surface area (Å²) in [5, 5.41) is 0. The fourth-order valence-electron chi connectivity index (χ4n) is 2.14. The van der Waals surface area contributed by atoms with Crippen molar-refractivity contribution in [1.29, 1.82) is 0 Å². The molecule has 0 aliphatic heterocycles. The number of likely N-dealkylation sites (N-methyl/N-ethyl adjacent to an activating group) is 1. The summed E-state index contributed by atoms with van der Waals surface area (Å²) in [7, 11) is 3.53. The van der Waals surface area contributed by atoms with Crippen molar-refractivity contribution in [2.24, 2.45) is 17.4 Å². The molecule has 3 atom stereocenters. The van der Waals surface area contributed by atoms with Crippen LogP contribution in [0, 0.1) is 5.92 Å². The molecule has 0 radical (unpaired) electrons. The van der Waals surface area contributed by atoms with E-state index in [2.05, 4.69) is 20.4 Å². The van der Waals surface area contributed by atoms with Crippen LogP contribution in [0.3, 0.4) is 0 Å². The lowest BCUT2D eigenvalue weighted by Gasteiger charge is -2.39. The van der Waals surface area contributed by atoms with E-state index in [1.54, 1.807) is 7.11 Å². The zero-order valence-corrected chi connectivity index (χ0v) is 12.0. The Morgan fingerprint density at radius 1 is 1.50 bits per heavy atom. The minimum Gasteiger partial charge on any atom is -0.379 e. The van der Waals surface area contributed by atoms with Crippen LogP contribution in [0.15, 0.2) is 12.3 Å². The summed E-state index contributed by atoms with van der Waals surface area (Å²) in [5.41, 5.74) is 11.7. The van der Waals surface area contributed by atoms with Gasteiger partial charge in [-0.2, -0.15) is 0 Å². The third-order valence-corrected chi connectivity index (χ3v) is 3.49. The third kappa shape index (κ3) is 4.66. The smallest absolute Gasteiger partial charge is 0.220 e. The molecule has 0 aliphatic rings. The molecule has 0 aromatic rings. The van der Waals surface area contributed by atoms with Crippen molar-refractivity contribution in [3.8, 4) is 0 Å². The highest BCUT2D eigenvalue weighted by molar-refractivity contribution is 5.74. The Morgan fingerprint density at radius 2 is 2.06 bits per heavy atom. The Bertz CT molecular complexity index is 281. The summed E-state index contributed by atoms with van der Waals surface area (Å²) in [4.78, 5) is 13.1. The second-order valence-electron chi connectivity index (χ2n) is 4.70. The lowest BCUT2D eigenvalue weighted by Crippen LogP contribution is -2.48. The maximum Gasteiger partial charge on any atom is 0.220 e. The van der Waals surface area contributed by atoms with Crippen LogP contribution in [0.4, 0.5) is 0 Å². The number of methoxy groups -OCH3 is 1. The van der Waals surface area contributed by atoms with Gasteiger partial charge in [-0.25, -0.2) is 0 Å². The number of nitrogens with zero attached hydrogens (tertiary/aromatic N) is 1. The first kappa shape index (κ1) is 16.9.